The van der Waals surface area contributed by atoms with Gasteiger partial charge >= 0.3 is 5.97 Å². The second-order valence-corrected chi connectivity index (χ2v) is 3.25. The molecule has 0 aromatic rings. The Balaban J connectivity index is 0. The lowest BCUT2D eigenvalue weighted by Crippen LogP contribution is -3.00. The van der Waals surface area contributed by atoms with Crippen molar-refractivity contribution in [3.63, 3.8) is 0 Å². The van der Waals surface area contributed by atoms with Gasteiger partial charge in [-0.2, -0.15) is 5.43 Å². The summed E-state index contributed by atoms with van der Waals surface area (Å²) in [5.74, 6) is -0.175. The normalized spacial score (nSPS) is 10.3. The van der Waals surface area contributed by atoms with Crippen LogP contribution in [0.25, 0.3) is 0 Å². The molecule has 0 saturated carbocycles. The van der Waals surface area contributed by atoms with Gasteiger partial charge in [0.1, 0.15) is 0 Å². The fraction of sp³-hybridized carbons (Fsp3) is 0.857. The Morgan fingerprint density at radius 3 is 2.25 bits per heavy atom. The average molecular weight is 288 g/mol. The number of hydrogen-bond acceptors (Lipinski definition) is 3. The minimum Gasteiger partial charge on any atom is -1.00 e. The number of hydrogen-bond donors (Lipinski definition) is 1. The van der Waals surface area contributed by atoms with Gasteiger partial charge in [0.25, 0.3) is 0 Å². The number of ether oxygens (including phenoxy) is 1. The predicted octanol–water partition coefficient (Wildman–Crippen LogP) is -3.24. The average Bonchev–Trinajstić information content (AvgIpc) is 1.85. The molecule has 0 rings (SSSR count). The lowest BCUT2D eigenvalue weighted by atomic mass is 10.4. The van der Waals surface area contributed by atoms with Gasteiger partial charge in [-0.25, -0.2) is 0 Å². The van der Waals surface area contributed by atoms with E-state index in [1.54, 1.807) is 0 Å². The summed E-state index contributed by atoms with van der Waals surface area (Å²) in [6.07, 6.45) is 0.423. The second kappa shape index (κ2) is 6.62. The number of methoxy groups -OCH3 is 1. The first-order valence-corrected chi connectivity index (χ1v) is 3.59. The van der Waals surface area contributed by atoms with E-state index in [0.717, 1.165) is 0 Å². The number of carbonyl (C=O) groups excluding carboxylic acids is 1. The lowest BCUT2D eigenvalue weighted by molar-refractivity contribution is -0.915. The highest BCUT2D eigenvalue weighted by Crippen LogP contribution is 1.85. The van der Waals surface area contributed by atoms with Gasteiger partial charge in [-0.15, -0.1) is 0 Å². The topological polar surface area (TPSA) is 38.3 Å². The molecule has 0 aliphatic carbocycles. The molecule has 0 heterocycles. The number of halogens is 1. The fourth-order valence-electron chi connectivity index (χ4n) is 0.595. The van der Waals surface area contributed by atoms with E-state index in [1.807, 2.05) is 21.1 Å². The highest BCUT2D eigenvalue weighted by atomic mass is 127. The SMILES string of the molecule is COC(=O)CCN[N+](C)(C)C.[I-]. The fourth-order valence-corrected chi connectivity index (χ4v) is 0.595. The maximum atomic E-state index is 10.6. The van der Waals surface area contributed by atoms with Crippen LogP contribution in [-0.2, 0) is 9.53 Å². The Morgan fingerprint density at radius 2 is 1.92 bits per heavy atom. The lowest BCUT2D eigenvalue weighted by Gasteiger charge is -2.23. The van der Waals surface area contributed by atoms with Gasteiger partial charge in [0, 0.05) is 0 Å². The van der Waals surface area contributed by atoms with Crippen LogP contribution in [0.5, 0.6) is 0 Å². The summed E-state index contributed by atoms with van der Waals surface area (Å²) in [6, 6.07) is 0. The van der Waals surface area contributed by atoms with Gasteiger partial charge in [-0.05, 0) is 0 Å². The molecule has 0 atom stereocenters. The van der Waals surface area contributed by atoms with Crippen molar-refractivity contribution in [3.05, 3.63) is 0 Å². The van der Waals surface area contributed by atoms with Crippen molar-refractivity contribution in [2.75, 3.05) is 34.8 Å². The van der Waals surface area contributed by atoms with Crippen molar-refractivity contribution in [1.29, 1.82) is 0 Å². The molecule has 0 aliphatic heterocycles. The predicted molar refractivity (Wildman–Crippen MR) is 42.7 cm³/mol. The molecule has 5 heteroatoms. The summed E-state index contributed by atoms with van der Waals surface area (Å²) in [7, 11) is 7.39. The molecule has 0 spiro atoms. The molecule has 1 N–H and O–H groups in total. The van der Waals surface area contributed by atoms with Crippen molar-refractivity contribution in [1.82, 2.24) is 5.43 Å². The van der Waals surface area contributed by atoms with Crippen LogP contribution in [-0.4, -0.2) is 45.4 Å². The van der Waals surface area contributed by atoms with Crippen LogP contribution in [0.1, 0.15) is 6.42 Å². The Labute approximate surface area is 90.8 Å². The molecule has 0 bridgehead atoms. The third-order valence-corrected chi connectivity index (χ3v) is 1.14. The second-order valence-electron chi connectivity index (χ2n) is 3.25. The molecule has 0 aliphatic rings. The molecule has 0 aromatic heterocycles. The summed E-state index contributed by atoms with van der Waals surface area (Å²) in [5, 5.41) is 0. The Hall–Kier alpha value is 0.120. The van der Waals surface area contributed by atoms with Gasteiger partial charge < -0.3 is 28.7 Å². The third-order valence-electron chi connectivity index (χ3n) is 1.14. The summed E-state index contributed by atoms with van der Waals surface area (Å²) < 4.78 is 5.13. The Bertz CT molecular complexity index is 134. The van der Waals surface area contributed by atoms with E-state index >= 15 is 0 Å². The van der Waals surface area contributed by atoms with Crippen molar-refractivity contribution < 1.29 is 38.1 Å². The number of quaternary nitrogens is 1. The molecular weight excluding hydrogens is 271 g/mol. The van der Waals surface area contributed by atoms with Crippen molar-refractivity contribution in [2.24, 2.45) is 0 Å². The van der Waals surface area contributed by atoms with Crippen LogP contribution in [0.15, 0.2) is 0 Å². The van der Waals surface area contributed by atoms with Gasteiger partial charge in [0.15, 0.2) is 0 Å². The van der Waals surface area contributed by atoms with E-state index < -0.39 is 0 Å². The molecule has 0 amide bonds. The van der Waals surface area contributed by atoms with Crippen molar-refractivity contribution in [2.45, 2.75) is 6.42 Å². The standard InChI is InChI=1S/C7H17N2O2.HI/c1-9(2,3)8-6-5-7(10)11-4;/h8H,5-6H2,1-4H3;1H/q+1;/p-1. The van der Waals surface area contributed by atoms with Gasteiger partial charge in [0.2, 0.25) is 0 Å². The highest BCUT2D eigenvalue weighted by molar-refractivity contribution is 5.69. The van der Waals surface area contributed by atoms with E-state index in [2.05, 4.69) is 10.2 Å². The van der Waals surface area contributed by atoms with Gasteiger partial charge in [0.05, 0.1) is 41.2 Å². The van der Waals surface area contributed by atoms with Crippen LogP contribution in [0.2, 0.25) is 0 Å². The van der Waals surface area contributed by atoms with E-state index in [-0.39, 0.29) is 29.9 Å². The minimum atomic E-state index is -0.175. The van der Waals surface area contributed by atoms with Crippen LogP contribution in [0.4, 0.5) is 0 Å². The number of esters is 1. The largest absolute Gasteiger partial charge is 1.00 e. The third kappa shape index (κ3) is 10.1. The monoisotopic (exact) mass is 288 g/mol. The van der Waals surface area contributed by atoms with E-state index in [4.69, 9.17) is 0 Å². The maximum Gasteiger partial charge on any atom is 0.307 e. The number of nitrogens with one attached hydrogen (secondary N) is 1. The highest BCUT2D eigenvalue weighted by Gasteiger charge is 2.07. The van der Waals surface area contributed by atoms with Crippen LogP contribution in [0, 0.1) is 0 Å². The van der Waals surface area contributed by atoms with Crippen LogP contribution >= 0.6 is 0 Å². The van der Waals surface area contributed by atoms with Crippen molar-refractivity contribution in [3.8, 4) is 0 Å². The first kappa shape index (κ1) is 14.6. The summed E-state index contributed by atoms with van der Waals surface area (Å²) >= 11 is 0. The first-order chi connectivity index (χ1) is 4.95. The zero-order valence-electron chi connectivity index (χ0n) is 8.06. The first-order valence-electron chi connectivity index (χ1n) is 3.59. The Kier molecular flexibility index (Phi) is 8.07. The number of nitrogens with zero attached hydrogens (tertiary/aromatic N) is 1. The molecule has 0 unspecified atom stereocenters. The zero-order chi connectivity index (χ0) is 8.91. The molecule has 0 radical (unpaired) electrons. The molecule has 12 heavy (non-hydrogen) atoms. The molecule has 0 aromatic carbocycles. The Morgan fingerprint density at radius 1 is 1.42 bits per heavy atom. The van der Waals surface area contributed by atoms with E-state index in [0.29, 0.717) is 17.6 Å². The van der Waals surface area contributed by atoms with Crippen molar-refractivity contribution >= 4 is 5.97 Å². The summed E-state index contributed by atoms with van der Waals surface area (Å²) in [6.45, 7) is 0.649. The van der Waals surface area contributed by atoms with E-state index in [1.165, 1.54) is 7.11 Å². The zero-order valence-corrected chi connectivity index (χ0v) is 10.2. The summed E-state index contributed by atoms with van der Waals surface area (Å²) in [5.41, 5.74) is 3.12. The van der Waals surface area contributed by atoms with Gasteiger partial charge in [-0.3, -0.25) is 9.39 Å². The smallest absolute Gasteiger partial charge is 0.307 e. The summed E-state index contributed by atoms with van der Waals surface area (Å²) in [4.78, 5) is 10.6. The molecular formula is C7H17IN2O2. The maximum absolute atomic E-state index is 10.6. The number of rotatable bonds is 4. The van der Waals surface area contributed by atoms with E-state index in [9.17, 15) is 4.79 Å². The molecule has 4 nitrogen and oxygen atoms in total. The van der Waals surface area contributed by atoms with Crippen LogP contribution in [0.3, 0.4) is 0 Å². The van der Waals surface area contributed by atoms with Gasteiger partial charge in [-0.1, -0.05) is 0 Å². The minimum absolute atomic E-state index is 0. The molecule has 74 valence electrons. The number of carbonyl (C=O) groups is 1. The molecule has 0 fully saturated rings. The molecule has 0 saturated heterocycles. The quantitative estimate of drug-likeness (QED) is 0.256. The van der Waals surface area contributed by atoms with Crippen LogP contribution < -0.4 is 29.4 Å².